The second-order valence-corrected chi connectivity index (χ2v) is 8.24. The number of hydrogen-bond donors (Lipinski definition) is 1. The van der Waals surface area contributed by atoms with E-state index < -0.39 is 17.8 Å². The number of ether oxygens (including phenoxy) is 2. The Morgan fingerprint density at radius 2 is 1.74 bits per heavy atom. The van der Waals surface area contributed by atoms with Crippen LogP contribution in [0, 0.1) is 0 Å². The normalized spacial score (nSPS) is 14.8. The summed E-state index contributed by atoms with van der Waals surface area (Å²) >= 11 is 6.06. The molecule has 1 heterocycles. The van der Waals surface area contributed by atoms with Crippen molar-refractivity contribution in [2.45, 2.75) is 20.0 Å². The van der Waals surface area contributed by atoms with Crippen LogP contribution in [0.3, 0.4) is 0 Å². The molecule has 0 aromatic heterocycles. The van der Waals surface area contributed by atoms with Crippen molar-refractivity contribution >= 4 is 41.2 Å². The SMILES string of the molecule is CCc1ccc(N2C(=O)NC(=O)/C(=C\c3ccc(OC)cc3OCc3cccc(Cl)c3)C2=O)cc1. The van der Waals surface area contributed by atoms with E-state index in [1.165, 1.54) is 13.2 Å². The molecule has 0 atom stereocenters. The molecular weight excluding hydrogens is 468 g/mol. The molecule has 1 fully saturated rings. The molecule has 3 aromatic carbocycles. The fourth-order valence-electron chi connectivity index (χ4n) is 3.60. The lowest BCUT2D eigenvalue weighted by atomic mass is 10.1. The number of halogens is 1. The molecule has 7 nitrogen and oxygen atoms in total. The zero-order valence-electron chi connectivity index (χ0n) is 19.2. The molecule has 0 saturated carbocycles. The number of barbiturate groups is 1. The Hall–Kier alpha value is -4.10. The lowest BCUT2D eigenvalue weighted by molar-refractivity contribution is -0.122. The van der Waals surface area contributed by atoms with Gasteiger partial charge >= 0.3 is 6.03 Å². The quantitative estimate of drug-likeness (QED) is 0.365. The average molecular weight is 491 g/mol. The van der Waals surface area contributed by atoms with Gasteiger partial charge < -0.3 is 9.47 Å². The van der Waals surface area contributed by atoms with Gasteiger partial charge in [-0.15, -0.1) is 0 Å². The molecule has 35 heavy (non-hydrogen) atoms. The van der Waals surface area contributed by atoms with Gasteiger partial charge in [0.1, 0.15) is 23.7 Å². The van der Waals surface area contributed by atoms with Gasteiger partial charge in [0, 0.05) is 16.7 Å². The minimum Gasteiger partial charge on any atom is -0.497 e. The lowest BCUT2D eigenvalue weighted by Gasteiger charge is -2.26. The fraction of sp³-hybridized carbons (Fsp3) is 0.148. The molecule has 4 rings (SSSR count). The molecule has 178 valence electrons. The zero-order chi connectivity index (χ0) is 24.9. The van der Waals surface area contributed by atoms with Crippen LogP contribution in [0.25, 0.3) is 6.08 Å². The maximum Gasteiger partial charge on any atom is 0.335 e. The minimum atomic E-state index is -0.798. The number of nitrogens with one attached hydrogen (secondary N) is 1. The number of methoxy groups -OCH3 is 1. The number of urea groups is 1. The van der Waals surface area contributed by atoms with E-state index in [4.69, 9.17) is 21.1 Å². The fourth-order valence-corrected chi connectivity index (χ4v) is 3.81. The van der Waals surface area contributed by atoms with Crippen molar-refractivity contribution in [3.8, 4) is 11.5 Å². The summed E-state index contributed by atoms with van der Waals surface area (Å²) in [6.45, 7) is 2.21. The van der Waals surface area contributed by atoms with Crippen molar-refractivity contribution < 1.29 is 23.9 Å². The zero-order valence-corrected chi connectivity index (χ0v) is 20.0. The van der Waals surface area contributed by atoms with Crippen LogP contribution < -0.4 is 19.7 Å². The first kappa shape index (κ1) is 24.0. The number of carbonyl (C=O) groups is 3. The summed E-state index contributed by atoms with van der Waals surface area (Å²) < 4.78 is 11.3. The summed E-state index contributed by atoms with van der Waals surface area (Å²) in [4.78, 5) is 39.3. The Kier molecular flexibility index (Phi) is 7.17. The molecule has 0 aliphatic carbocycles. The first-order valence-electron chi connectivity index (χ1n) is 10.9. The standard InChI is InChI=1S/C27H23ClN2O5/c1-3-17-7-10-21(11-8-17)30-26(32)23(25(31)29-27(30)33)14-19-9-12-22(34-2)15-24(19)35-16-18-5-4-6-20(28)13-18/h4-15H,3,16H2,1-2H3,(H,29,31,33)/b23-14+. The Morgan fingerprint density at radius 3 is 2.43 bits per heavy atom. The maximum absolute atomic E-state index is 13.3. The van der Waals surface area contributed by atoms with Gasteiger partial charge in [0.2, 0.25) is 0 Å². The summed E-state index contributed by atoms with van der Waals surface area (Å²) in [6.07, 6.45) is 2.23. The average Bonchev–Trinajstić information content (AvgIpc) is 2.86. The monoisotopic (exact) mass is 490 g/mol. The number of nitrogens with zero attached hydrogens (tertiary/aromatic N) is 1. The van der Waals surface area contributed by atoms with Crippen molar-refractivity contribution in [2.75, 3.05) is 12.0 Å². The van der Waals surface area contributed by atoms with Crippen LogP contribution in [0.5, 0.6) is 11.5 Å². The second kappa shape index (κ2) is 10.4. The molecule has 0 bridgehead atoms. The van der Waals surface area contributed by atoms with Crippen LogP contribution in [0.4, 0.5) is 10.5 Å². The molecule has 8 heteroatoms. The summed E-state index contributed by atoms with van der Waals surface area (Å²) in [5, 5.41) is 2.83. The van der Waals surface area contributed by atoms with Crippen LogP contribution >= 0.6 is 11.6 Å². The van der Waals surface area contributed by atoms with E-state index in [2.05, 4.69) is 5.32 Å². The highest BCUT2D eigenvalue weighted by Gasteiger charge is 2.37. The van der Waals surface area contributed by atoms with E-state index in [1.807, 2.05) is 31.2 Å². The first-order chi connectivity index (χ1) is 16.9. The van der Waals surface area contributed by atoms with Crippen LogP contribution in [-0.2, 0) is 22.6 Å². The van der Waals surface area contributed by atoms with Crippen LogP contribution in [0.1, 0.15) is 23.6 Å². The Labute approximate surface area is 207 Å². The molecule has 4 amide bonds. The van der Waals surface area contributed by atoms with Gasteiger partial charge in [-0.2, -0.15) is 0 Å². The molecule has 1 saturated heterocycles. The Morgan fingerprint density at radius 1 is 0.971 bits per heavy atom. The number of benzene rings is 3. The number of hydrogen-bond acceptors (Lipinski definition) is 5. The van der Waals surface area contributed by atoms with Crippen molar-refractivity contribution in [3.63, 3.8) is 0 Å². The van der Waals surface area contributed by atoms with Crippen LogP contribution in [0.2, 0.25) is 5.02 Å². The third-order valence-corrected chi connectivity index (χ3v) is 5.74. The van der Waals surface area contributed by atoms with Gasteiger partial charge in [0.05, 0.1) is 12.8 Å². The maximum atomic E-state index is 13.3. The minimum absolute atomic E-state index is 0.193. The molecule has 0 spiro atoms. The third kappa shape index (κ3) is 5.36. The highest BCUT2D eigenvalue weighted by molar-refractivity contribution is 6.39. The van der Waals surface area contributed by atoms with Crippen LogP contribution in [0.15, 0.2) is 72.3 Å². The summed E-state index contributed by atoms with van der Waals surface area (Å²) in [6, 6.07) is 18.5. The Bertz CT molecular complexity index is 1320. The van der Waals surface area contributed by atoms with Gasteiger partial charge in [-0.25, -0.2) is 9.69 Å². The third-order valence-electron chi connectivity index (χ3n) is 5.51. The summed E-state index contributed by atoms with van der Waals surface area (Å²) in [7, 11) is 1.53. The number of anilines is 1. The molecule has 1 aliphatic rings. The molecule has 0 unspecified atom stereocenters. The van der Waals surface area contributed by atoms with E-state index in [-0.39, 0.29) is 12.2 Å². The van der Waals surface area contributed by atoms with Crippen molar-refractivity contribution in [3.05, 3.63) is 94.0 Å². The van der Waals surface area contributed by atoms with Crippen molar-refractivity contribution in [1.82, 2.24) is 5.32 Å². The number of imide groups is 2. The molecule has 1 N–H and O–H groups in total. The molecule has 3 aromatic rings. The predicted molar refractivity (Wildman–Crippen MR) is 134 cm³/mol. The van der Waals surface area contributed by atoms with Crippen molar-refractivity contribution in [1.29, 1.82) is 0 Å². The van der Waals surface area contributed by atoms with Gasteiger partial charge in [0.25, 0.3) is 11.8 Å². The molecular formula is C27H23ClN2O5. The number of amides is 4. The summed E-state index contributed by atoms with van der Waals surface area (Å²) in [5.74, 6) is -0.564. The summed E-state index contributed by atoms with van der Waals surface area (Å²) in [5.41, 5.74) is 2.56. The predicted octanol–water partition coefficient (Wildman–Crippen LogP) is 5.16. The highest BCUT2D eigenvalue weighted by atomic mass is 35.5. The number of aryl methyl sites for hydroxylation is 1. The van der Waals surface area contributed by atoms with Gasteiger partial charge in [0.15, 0.2) is 0 Å². The molecule has 0 radical (unpaired) electrons. The van der Waals surface area contributed by atoms with Gasteiger partial charge in [-0.3, -0.25) is 14.9 Å². The van der Waals surface area contributed by atoms with E-state index in [0.717, 1.165) is 22.4 Å². The van der Waals surface area contributed by atoms with E-state index in [9.17, 15) is 14.4 Å². The van der Waals surface area contributed by atoms with E-state index >= 15 is 0 Å². The smallest absolute Gasteiger partial charge is 0.335 e. The first-order valence-corrected chi connectivity index (χ1v) is 11.3. The topological polar surface area (TPSA) is 84.9 Å². The highest BCUT2D eigenvalue weighted by Crippen LogP contribution is 2.30. The van der Waals surface area contributed by atoms with E-state index in [1.54, 1.807) is 42.5 Å². The van der Waals surface area contributed by atoms with Gasteiger partial charge in [-0.05, 0) is 60.0 Å². The Balaban J connectivity index is 1.67. The van der Waals surface area contributed by atoms with Crippen molar-refractivity contribution in [2.24, 2.45) is 0 Å². The lowest BCUT2D eigenvalue weighted by Crippen LogP contribution is -2.54. The second-order valence-electron chi connectivity index (χ2n) is 7.80. The van der Waals surface area contributed by atoms with E-state index in [0.29, 0.717) is 27.8 Å². The largest absolute Gasteiger partial charge is 0.497 e. The number of carbonyl (C=O) groups excluding carboxylic acids is 3. The molecule has 1 aliphatic heterocycles. The van der Waals surface area contributed by atoms with Crippen LogP contribution in [-0.4, -0.2) is 25.0 Å². The number of rotatable bonds is 7. The van der Waals surface area contributed by atoms with Gasteiger partial charge in [-0.1, -0.05) is 42.8 Å².